The first-order valence-corrected chi connectivity index (χ1v) is 8.44. The molecule has 0 aromatic heterocycles. The van der Waals surface area contributed by atoms with Crippen molar-refractivity contribution in [1.82, 2.24) is 5.32 Å². The molecule has 0 fully saturated rings. The lowest BCUT2D eigenvalue weighted by atomic mass is 9.96. The fraction of sp³-hybridized carbons (Fsp3) is 0.333. The second-order valence-electron chi connectivity index (χ2n) is 5.50. The van der Waals surface area contributed by atoms with Crippen LogP contribution in [-0.4, -0.2) is 6.26 Å². The number of thioether (sulfide) groups is 1. The first kappa shape index (κ1) is 16.1. The summed E-state index contributed by atoms with van der Waals surface area (Å²) in [5.41, 5.74) is 2.40. The monoisotopic (exact) mass is 303 g/mol. The van der Waals surface area contributed by atoms with Gasteiger partial charge in [0.1, 0.15) is 5.82 Å². The second kappa shape index (κ2) is 7.62. The lowest BCUT2D eigenvalue weighted by Crippen LogP contribution is -2.25. The van der Waals surface area contributed by atoms with E-state index in [1.165, 1.54) is 22.6 Å². The normalized spacial score (nSPS) is 12.6. The van der Waals surface area contributed by atoms with Crippen LogP contribution in [0.25, 0.3) is 0 Å². The maximum Gasteiger partial charge on any atom is 0.123 e. The zero-order chi connectivity index (χ0) is 15.2. The van der Waals surface area contributed by atoms with E-state index >= 15 is 0 Å². The van der Waals surface area contributed by atoms with Gasteiger partial charge in [0.25, 0.3) is 0 Å². The topological polar surface area (TPSA) is 12.0 Å². The number of hydrogen-bond acceptors (Lipinski definition) is 2. The van der Waals surface area contributed by atoms with Gasteiger partial charge >= 0.3 is 0 Å². The number of benzene rings is 2. The molecule has 0 radical (unpaired) electrons. The minimum Gasteiger partial charge on any atom is -0.306 e. The van der Waals surface area contributed by atoms with Gasteiger partial charge in [-0.1, -0.05) is 38.1 Å². The Balaban J connectivity index is 2.04. The maximum absolute atomic E-state index is 13.1. The van der Waals surface area contributed by atoms with E-state index in [0.29, 0.717) is 5.92 Å². The van der Waals surface area contributed by atoms with E-state index in [2.05, 4.69) is 49.7 Å². The van der Waals surface area contributed by atoms with E-state index in [1.54, 1.807) is 11.8 Å². The number of hydrogen-bond donors (Lipinski definition) is 1. The molecule has 1 atom stereocenters. The van der Waals surface area contributed by atoms with Gasteiger partial charge in [0.15, 0.2) is 0 Å². The summed E-state index contributed by atoms with van der Waals surface area (Å²) in [5, 5.41) is 3.58. The summed E-state index contributed by atoms with van der Waals surface area (Å²) >= 11 is 1.75. The Morgan fingerprint density at radius 3 is 2.14 bits per heavy atom. The molecule has 3 heteroatoms. The van der Waals surface area contributed by atoms with Gasteiger partial charge in [0.05, 0.1) is 0 Å². The van der Waals surface area contributed by atoms with Crippen LogP contribution in [0.3, 0.4) is 0 Å². The van der Waals surface area contributed by atoms with E-state index in [9.17, 15) is 4.39 Å². The molecule has 0 aliphatic heterocycles. The van der Waals surface area contributed by atoms with Gasteiger partial charge in [0.2, 0.25) is 0 Å². The molecule has 0 heterocycles. The molecule has 2 aromatic carbocycles. The Bertz CT molecular complexity index is 548. The Kier molecular flexibility index (Phi) is 5.83. The van der Waals surface area contributed by atoms with Crippen LogP contribution in [0.2, 0.25) is 0 Å². The van der Waals surface area contributed by atoms with E-state index in [4.69, 9.17) is 0 Å². The third kappa shape index (κ3) is 4.58. The van der Waals surface area contributed by atoms with Gasteiger partial charge in [-0.05, 0) is 47.6 Å². The molecule has 21 heavy (non-hydrogen) atoms. The maximum atomic E-state index is 13.1. The average molecular weight is 303 g/mol. The summed E-state index contributed by atoms with van der Waals surface area (Å²) in [6.07, 6.45) is 2.08. The predicted molar refractivity (Wildman–Crippen MR) is 89.0 cm³/mol. The molecule has 0 spiro atoms. The molecule has 0 saturated carbocycles. The van der Waals surface area contributed by atoms with E-state index in [1.807, 2.05) is 12.1 Å². The molecule has 1 unspecified atom stereocenters. The highest BCUT2D eigenvalue weighted by Crippen LogP contribution is 2.23. The highest BCUT2D eigenvalue weighted by Gasteiger charge is 2.15. The summed E-state index contributed by atoms with van der Waals surface area (Å²) < 4.78 is 13.1. The van der Waals surface area contributed by atoms with Gasteiger partial charge < -0.3 is 5.32 Å². The van der Waals surface area contributed by atoms with Crippen LogP contribution < -0.4 is 5.32 Å². The molecule has 0 bridgehead atoms. The fourth-order valence-electron chi connectivity index (χ4n) is 2.38. The second-order valence-corrected chi connectivity index (χ2v) is 6.38. The van der Waals surface area contributed by atoms with E-state index in [0.717, 1.165) is 12.1 Å². The molecular weight excluding hydrogens is 281 g/mol. The van der Waals surface area contributed by atoms with Crippen LogP contribution in [0, 0.1) is 11.7 Å². The predicted octanol–water partition coefficient (Wildman–Crippen LogP) is 5.03. The smallest absolute Gasteiger partial charge is 0.123 e. The highest BCUT2D eigenvalue weighted by molar-refractivity contribution is 7.98. The van der Waals surface area contributed by atoms with Gasteiger partial charge in [-0.15, -0.1) is 11.8 Å². The van der Waals surface area contributed by atoms with Crippen molar-refractivity contribution in [3.63, 3.8) is 0 Å². The summed E-state index contributed by atoms with van der Waals surface area (Å²) in [5.74, 6) is 0.259. The van der Waals surface area contributed by atoms with Crippen molar-refractivity contribution in [3.8, 4) is 0 Å². The third-order valence-corrected chi connectivity index (χ3v) is 4.32. The van der Waals surface area contributed by atoms with E-state index < -0.39 is 0 Å². The van der Waals surface area contributed by atoms with Crippen molar-refractivity contribution < 1.29 is 4.39 Å². The number of nitrogens with one attached hydrogen (secondary N) is 1. The third-order valence-electron chi connectivity index (χ3n) is 3.58. The van der Waals surface area contributed by atoms with Gasteiger partial charge in [-0.2, -0.15) is 0 Å². The lowest BCUT2D eigenvalue weighted by Gasteiger charge is -2.23. The Morgan fingerprint density at radius 1 is 1.00 bits per heavy atom. The summed E-state index contributed by atoms with van der Waals surface area (Å²) in [7, 11) is 0. The van der Waals surface area contributed by atoms with Gasteiger partial charge in [-0.3, -0.25) is 0 Å². The molecule has 2 rings (SSSR count). The Morgan fingerprint density at radius 2 is 1.62 bits per heavy atom. The fourth-order valence-corrected chi connectivity index (χ4v) is 2.79. The SMILES string of the molecule is CSc1ccc(CNC(c2ccc(F)cc2)C(C)C)cc1. The van der Waals surface area contributed by atoms with Gasteiger partial charge in [-0.25, -0.2) is 4.39 Å². The van der Waals surface area contributed by atoms with Crippen molar-refractivity contribution in [1.29, 1.82) is 0 Å². The van der Waals surface area contributed by atoms with E-state index in [-0.39, 0.29) is 11.9 Å². The molecule has 2 aromatic rings. The molecule has 0 aliphatic carbocycles. The largest absolute Gasteiger partial charge is 0.306 e. The van der Waals surface area contributed by atoms with Crippen LogP contribution in [-0.2, 0) is 6.54 Å². The highest BCUT2D eigenvalue weighted by atomic mass is 32.2. The summed E-state index contributed by atoms with van der Waals surface area (Å²) in [6, 6.07) is 15.6. The van der Waals surface area contributed by atoms with Crippen LogP contribution >= 0.6 is 11.8 Å². The van der Waals surface area contributed by atoms with Crippen molar-refractivity contribution in [2.45, 2.75) is 31.3 Å². The first-order valence-electron chi connectivity index (χ1n) is 7.22. The molecule has 0 aliphatic rings. The number of rotatable bonds is 6. The minimum atomic E-state index is -0.186. The Hall–Kier alpha value is -1.32. The van der Waals surface area contributed by atoms with Crippen molar-refractivity contribution in [2.24, 2.45) is 5.92 Å². The van der Waals surface area contributed by atoms with Crippen LogP contribution in [0.1, 0.15) is 31.0 Å². The molecule has 112 valence electrons. The zero-order valence-electron chi connectivity index (χ0n) is 12.8. The lowest BCUT2D eigenvalue weighted by molar-refractivity contribution is 0.410. The van der Waals surface area contributed by atoms with Crippen LogP contribution in [0.15, 0.2) is 53.4 Å². The molecule has 0 amide bonds. The Labute approximate surface area is 131 Å². The summed E-state index contributed by atoms with van der Waals surface area (Å²) in [4.78, 5) is 1.28. The average Bonchev–Trinajstić information content (AvgIpc) is 2.49. The van der Waals surface area contributed by atoms with Crippen LogP contribution in [0.5, 0.6) is 0 Å². The van der Waals surface area contributed by atoms with Crippen LogP contribution in [0.4, 0.5) is 4.39 Å². The van der Waals surface area contributed by atoms with Crippen molar-refractivity contribution >= 4 is 11.8 Å². The molecule has 0 saturated heterocycles. The van der Waals surface area contributed by atoms with Crippen molar-refractivity contribution in [2.75, 3.05) is 6.26 Å². The van der Waals surface area contributed by atoms with Crippen molar-refractivity contribution in [3.05, 3.63) is 65.5 Å². The minimum absolute atomic E-state index is 0.186. The van der Waals surface area contributed by atoms with Gasteiger partial charge in [0, 0.05) is 17.5 Å². The first-order chi connectivity index (χ1) is 10.1. The summed E-state index contributed by atoms with van der Waals surface area (Å²) in [6.45, 7) is 5.17. The zero-order valence-corrected chi connectivity index (χ0v) is 13.6. The standard InChI is InChI=1S/C18H22FNS/c1-13(2)18(15-6-8-16(19)9-7-15)20-12-14-4-10-17(21-3)11-5-14/h4-11,13,18,20H,12H2,1-3H3. The number of halogens is 1. The molecule has 1 nitrogen and oxygen atoms in total. The molecule has 1 N–H and O–H groups in total. The quantitative estimate of drug-likeness (QED) is 0.751. The molecular formula is C18H22FNS.